The van der Waals surface area contributed by atoms with E-state index < -0.39 is 11.9 Å². The zero-order valence-corrected chi connectivity index (χ0v) is 19.8. The first-order chi connectivity index (χ1) is 17.1. The lowest BCUT2D eigenvalue weighted by Crippen LogP contribution is -2.20. The van der Waals surface area contributed by atoms with Crippen molar-refractivity contribution < 1.29 is 14.3 Å². The highest BCUT2D eigenvalue weighted by molar-refractivity contribution is 6.30. The first kappa shape index (κ1) is 23.8. The Labute approximate surface area is 209 Å². The average molecular weight is 480 g/mol. The molecular formula is C30H22ClNO3. The third-order valence-corrected chi connectivity index (χ3v) is 5.74. The third-order valence-electron chi connectivity index (χ3n) is 5.49. The van der Waals surface area contributed by atoms with Crippen LogP contribution in [0.2, 0.25) is 5.02 Å². The van der Waals surface area contributed by atoms with Crippen molar-refractivity contribution in [3.63, 3.8) is 0 Å². The third kappa shape index (κ3) is 5.78. The van der Waals surface area contributed by atoms with Crippen LogP contribution in [0, 0.1) is 11.3 Å². The highest BCUT2D eigenvalue weighted by Crippen LogP contribution is 2.33. The van der Waals surface area contributed by atoms with E-state index in [1.807, 2.05) is 60.7 Å². The highest BCUT2D eigenvalue weighted by atomic mass is 35.5. The lowest BCUT2D eigenvalue weighted by molar-refractivity contribution is -0.135. The van der Waals surface area contributed by atoms with Crippen LogP contribution in [0.3, 0.4) is 0 Å². The SMILES string of the molecule is COc1cc(/C=C(\C#N)c2ccc(Cl)cc2)ccc1OC(=O)C(c1ccccc1)c1ccccc1. The predicted octanol–water partition coefficient (Wildman–Crippen LogP) is 7.15. The first-order valence-electron chi connectivity index (χ1n) is 11.0. The Morgan fingerprint density at radius 1 is 0.857 bits per heavy atom. The summed E-state index contributed by atoms with van der Waals surface area (Å²) >= 11 is 5.96. The van der Waals surface area contributed by atoms with Crippen LogP contribution in [0.1, 0.15) is 28.2 Å². The van der Waals surface area contributed by atoms with Crippen LogP contribution in [-0.2, 0) is 4.79 Å². The quantitative estimate of drug-likeness (QED) is 0.122. The molecule has 0 amide bonds. The molecule has 0 N–H and O–H groups in total. The number of benzene rings is 4. The molecule has 4 aromatic carbocycles. The summed E-state index contributed by atoms with van der Waals surface area (Å²) in [6.07, 6.45) is 1.74. The maximum atomic E-state index is 13.4. The molecule has 0 saturated carbocycles. The topological polar surface area (TPSA) is 59.3 Å². The number of nitrogens with zero attached hydrogens (tertiary/aromatic N) is 1. The standard InChI is InChI=1S/C30H22ClNO3/c1-34-28-19-21(18-25(20-32)22-13-15-26(31)16-14-22)12-17-27(28)35-30(33)29(23-8-4-2-5-9-23)24-10-6-3-7-11-24/h2-19,29H,1H3/b25-18+. The Bertz CT molecular complexity index is 1340. The van der Waals surface area contributed by atoms with Gasteiger partial charge in [0.1, 0.15) is 5.92 Å². The number of esters is 1. The molecule has 0 saturated heterocycles. The van der Waals surface area contributed by atoms with Gasteiger partial charge in [-0.25, -0.2) is 0 Å². The van der Waals surface area contributed by atoms with Crippen molar-refractivity contribution in [1.82, 2.24) is 0 Å². The minimum absolute atomic E-state index is 0.302. The van der Waals surface area contributed by atoms with Crippen LogP contribution in [0.25, 0.3) is 11.6 Å². The molecule has 0 aliphatic rings. The number of nitriles is 1. The van der Waals surface area contributed by atoms with Crippen LogP contribution in [-0.4, -0.2) is 13.1 Å². The van der Waals surface area contributed by atoms with Gasteiger partial charge < -0.3 is 9.47 Å². The maximum absolute atomic E-state index is 13.4. The Kier molecular flexibility index (Phi) is 7.62. The average Bonchev–Trinajstić information content (AvgIpc) is 2.90. The Hall–Kier alpha value is -4.33. The number of carbonyl (C=O) groups excluding carboxylic acids is 1. The summed E-state index contributed by atoms with van der Waals surface area (Å²) in [6, 6.07) is 33.5. The van der Waals surface area contributed by atoms with Gasteiger partial charge in [0, 0.05) is 5.02 Å². The van der Waals surface area contributed by atoms with Gasteiger partial charge in [-0.2, -0.15) is 5.26 Å². The van der Waals surface area contributed by atoms with Gasteiger partial charge in [0.05, 0.1) is 18.8 Å². The molecule has 0 fully saturated rings. The van der Waals surface area contributed by atoms with Gasteiger partial charge in [-0.15, -0.1) is 0 Å². The van der Waals surface area contributed by atoms with E-state index in [-0.39, 0.29) is 0 Å². The van der Waals surface area contributed by atoms with Crippen molar-refractivity contribution in [2.24, 2.45) is 0 Å². The summed E-state index contributed by atoms with van der Waals surface area (Å²) in [5.74, 6) is -0.309. The smallest absolute Gasteiger partial charge is 0.323 e. The molecule has 0 heterocycles. The molecule has 5 heteroatoms. The monoisotopic (exact) mass is 479 g/mol. The van der Waals surface area contributed by atoms with E-state index in [9.17, 15) is 10.1 Å². The molecule has 4 rings (SSSR count). The summed E-state index contributed by atoms with van der Waals surface area (Å²) in [5, 5.41) is 10.2. The van der Waals surface area contributed by atoms with Gasteiger partial charge >= 0.3 is 5.97 Å². The summed E-state index contributed by atoms with van der Waals surface area (Å²) < 4.78 is 11.3. The highest BCUT2D eigenvalue weighted by Gasteiger charge is 2.25. The molecule has 4 aromatic rings. The summed E-state index contributed by atoms with van der Waals surface area (Å²) in [7, 11) is 1.51. The van der Waals surface area contributed by atoms with Gasteiger partial charge in [-0.1, -0.05) is 90.5 Å². The van der Waals surface area contributed by atoms with E-state index >= 15 is 0 Å². The fourth-order valence-corrected chi connectivity index (χ4v) is 3.88. The number of halogens is 1. The zero-order valence-electron chi connectivity index (χ0n) is 19.0. The summed E-state index contributed by atoms with van der Waals surface area (Å²) in [5.41, 5.74) is 3.63. The van der Waals surface area contributed by atoms with Gasteiger partial charge in [-0.3, -0.25) is 4.79 Å². The number of hydrogen-bond acceptors (Lipinski definition) is 4. The number of carbonyl (C=O) groups is 1. The second kappa shape index (κ2) is 11.2. The van der Waals surface area contributed by atoms with Crippen molar-refractivity contribution in [2.75, 3.05) is 7.11 Å². The van der Waals surface area contributed by atoms with Gasteiger partial charge in [0.15, 0.2) is 11.5 Å². The Morgan fingerprint density at radius 2 is 1.46 bits per heavy atom. The van der Waals surface area contributed by atoms with Gasteiger partial charge in [-0.05, 0) is 52.6 Å². The van der Waals surface area contributed by atoms with E-state index in [0.29, 0.717) is 22.1 Å². The molecule has 0 radical (unpaired) electrons. The number of methoxy groups -OCH3 is 1. The number of allylic oxidation sites excluding steroid dienone is 1. The Balaban J connectivity index is 1.63. The first-order valence-corrected chi connectivity index (χ1v) is 11.3. The van der Waals surface area contributed by atoms with Crippen molar-refractivity contribution >= 4 is 29.2 Å². The molecule has 35 heavy (non-hydrogen) atoms. The largest absolute Gasteiger partial charge is 0.493 e. The van der Waals surface area contributed by atoms with Crippen LogP contribution in [0.5, 0.6) is 11.5 Å². The number of hydrogen-bond donors (Lipinski definition) is 0. The minimum Gasteiger partial charge on any atom is -0.493 e. The molecule has 0 aromatic heterocycles. The molecule has 0 unspecified atom stereocenters. The number of rotatable bonds is 7. The van der Waals surface area contributed by atoms with Crippen molar-refractivity contribution in [3.05, 3.63) is 130 Å². The maximum Gasteiger partial charge on any atom is 0.323 e. The number of ether oxygens (including phenoxy) is 2. The molecule has 172 valence electrons. The van der Waals surface area contributed by atoms with Crippen LogP contribution >= 0.6 is 11.6 Å². The summed E-state index contributed by atoms with van der Waals surface area (Å²) in [4.78, 5) is 13.4. The van der Waals surface area contributed by atoms with Crippen LogP contribution in [0.15, 0.2) is 103 Å². The molecule has 4 nitrogen and oxygen atoms in total. The summed E-state index contributed by atoms with van der Waals surface area (Å²) in [6.45, 7) is 0. The molecular weight excluding hydrogens is 458 g/mol. The van der Waals surface area contributed by atoms with Crippen LogP contribution in [0.4, 0.5) is 0 Å². The van der Waals surface area contributed by atoms with E-state index in [1.54, 1.807) is 48.5 Å². The predicted molar refractivity (Wildman–Crippen MR) is 138 cm³/mol. The van der Waals surface area contributed by atoms with Crippen molar-refractivity contribution in [3.8, 4) is 17.6 Å². The van der Waals surface area contributed by atoms with E-state index in [4.69, 9.17) is 21.1 Å². The second-order valence-corrected chi connectivity index (χ2v) is 8.20. The molecule has 0 atom stereocenters. The van der Waals surface area contributed by atoms with E-state index in [1.165, 1.54) is 7.11 Å². The van der Waals surface area contributed by atoms with E-state index in [2.05, 4.69) is 6.07 Å². The minimum atomic E-state index is -0.586. The van der Waals surface area contributed by atoms with E-state index in [0.717, 1.165) is 22.3 Å². The lowest BCUT2D eigenvalue weighted by Gasteiger charge is -2.18. The molecule has 0 aliphatic carbocycles. The van der Waals surface area contributed by atoms with Gasteiger partial charge in [0.2, 0.25) is 0 Å². The molecule has 0 spiro atoms. The molecule has 0 aliphatic heterocycles. The van der Waals surface area contributed by atoms with Crippen LogP contribution < -0.4 is 9.47 Å². The lowest BCUT2D eigenvalue weighted by atomic mass is 9.91. The fourth-order valence-electron chi connectivity index (χ4n) is 3.76. The Morgan fingerprint density at radius 3 is 2.00 bits per heavy atom. The normalized spacial score (nSPS) is 11.1. The second-order valence-electron chi connectivity index (χ2n) is 7.76. The fraction of sp³-hybridized carbons (Fsp3) is 0.0667. The van der Waals surface area contributed by atoms with Gasteiger partial charge in [0.25, 0.3) is 0 Å². The van der Waals surface area contributed by atoms with Crippen molar-refractivity contribution in [2.45, 2.75) is 5.92 Å². The van der Waals surface area contributed by atoms with Crippen molar-refractivity contribution in [1.29, 1.82) is 5.26 Å². The zero-order chi connectivity index (χ0) is 24.6. The molecule has 0 bridgehead atoms.